The Bertz CT molecular complexity index is 317. The zero-order chi connectivity index (χ0) is 11.3. The molecule has 1 rings (SSSR count). The van der Waals surface area contributed by atoms with Crippen LogP contribution in [0.4, 0.5) is 0 Å². The average molecular weight is 210 g/mol. The molecule has 1 fully saturated rings. The van der Waals surface area contributed by atoms with Crippen molar-refractivity contribution in [2.24, 2.45) is 10.9 Å². The molecular weight excluding hydrogens is 196 g/mol. The fourth-order valence-electron chi connectivity index (χ4n) is 0.927. The lowest BCUT2D eigenvalue weighted by molar-refractivity contribution is -0.136. The number of carbonyl (C=O) groups excluding carboxylic acids is 2. The monoisotopic (exact) mass is 210 g/mol. The zero-order valence-electron chi connectivity index (χ0n) is 8.82. The molecule has 0 heterocycles. The van der Waals surface area contributed by atoms with E-state index in [0.29, 0.717) is 5.57 Å². The van der Waals surface area contributed by atoms with Gasteiger partial charge in [-0.25, -0.2) is 9.79 Å². The van der Waals surface area contributed by atoms with Gasteiger partial charge in [-0.05, 0) is 19.8 Å². The van der Waals surface area contributed by atoms with Crippen molar-refractivity contribution >= 4 is 18.2 Å². The summed E-state index contributed by atoms with van der Waals surface area (Å²) >= 11 is 0. The molecule has 0 bridgehead atoms. The number of rotatable bonds is 4. The smallest absolute Gasteiger partial charge is 0.334 e. The molecule has 0 aromatic carbocycles. The highest BCUT2D eigenvalue weighted by atomic mass is 16.5. The Labute approximate surface area is 88.2 Å². The molecule has 5 heteroatoms. The van der Waals surface area contributed by atoms with Crippen LogP contribution in [0.2, 0.25) is 0 Å². The average Bonchev–Trinajstić information content (AvgIpc) is 3.06. The first-order valence-electron chi connectivity index (χ1n) is 4.72. The molecule has 0 aromatic rings. The minimum atomic E-state index is -0.430. The highest BCUT2D eigenvalue weighted by Gasteiger charge is 2.28. The molecule has 5 nitrogen and oxygen atoms in total. The van der Waals surface area contributed by atoms with E-state index in [9.17, 15) is 9.59 Å². The molecule has 1 aliphatic carbocycles. The number of methoxy groups -OCH3 is 1. The number of nitrogens with one attached hydrogen (secondary N) is 1. The Hall–Kier alpha value is -1.65. The van der Waals surface area contributed by atoms with Gasteiger partial charge in [0.25, 0.3) is 0 Å². The first-order chi connectivity index (χ1) is 7.15. The summed E-state index contributed by atoms with van der Waals surface area (Å²) in [5.41, 5.74) is 0.384. The van der Waals surface area contributed by atoms with Crippen molar-refractivity contribution in [1.29, 1.82) is 0 Å². The Balaban J connectivity index is 2.31. The number of ether oxygens (including phenoxy) is 1. The zero-order valence-corrected chi connectivity index (χ0v) is 8.82. The van der Waals surface area contributed by atoms with E-state index in [1.54, 1.807) is 6.92 Å². The molecular formula is C10H14N2O3. The summed E-state index contributed by atoms with van der Waals surface area (Å²) in [4.78, 5) is 25.8. The van der Waals surface area contributed by atoms with Crippen LogP contribution in [0.25, 0.3) is 0 Å². The number of hydrogen-bond donors (Lipinski definition) is 1. The minimum absolute atomic E-state index is 0.0112. The van der Waals surface area contributed by atoms with Gasteiger partial charge in [0.2, 0.25) is 5.91 Å². The number of carbonyl (C=O) groups is 2. The number of nitrogens with zero attached hydrogens (tertiary/aromatic N) is 1. The number of amides is 1. The van der Waals surface area contributed by atoms with Gasteiger partial charge in [0.15, 0.2) is 0 Å². The van der Waals surface area contributed by atoms with Crippen LogP contribution in [0.15, 0.2) is 16.8 Å². The summed E-state index contributed by atoms with van der Waals surface area (Å²) < 4.78 is 4.47. The molecule has 1 aliphatic rings. The largest absolute Gasteiger partial charge is 0.466 e. The van der Waals surface area contributed by atoms with Gasteiger partial charge < -0.3 is 10.1 Å². The summed E-state index contributed by atoms with van der Waals surface area (Å²) in [6.45, 7) is 1.59. The van der Waals surface area contributed by atoms with E-state index < -0.39 is 5.97 Å². The Kier molecular flexibility index (Phi) is 4.03. The van der Waals surface area contributed by atoms with Crippen LogP contribution >= 0.6 is 0 Å². The molecule has 1 N–H and O–H groups in total. The minimum Gasteiger partial charge on any atom is -0.466 e. The Morgan fingerprint density at radius 2 is 2.13 bits per heavy atom. The SMILES string of the molecule is COC(=O)/C(C)=C/N=CNC(=O)C1CC1. The number of aliphatic imine (C=N–C) groups is 1. The topological polar surface area (TPSA) is 67.8 Å². The molecule has 15 heavy (non-hydrogen) atoms. The maximum absolute atomic E-state index is 11.1. The fourth-order valence-corrected chi connectivity index (χ4v) is 0.927. The predicted octanol–water partition coefficient (Wildman–Crippen LogP) is 0.618. The molecule has 82 valence electrons. The molecule has 0 aliphatic heterocycles. The standard InChI is InChI=1S/C10H14N2O3/c1-7(10(14)15-2)5-11-6-12-9(13)8-3-4-8/h5-6,8H,3-4H2,1-2H3,(H,11,12,13)/b7-5+. The predicted molar refractivity (Wildman–Crippen MR) is 55.1 cm³/mol. The maximum Gasteiger partial charge on any atom is 0.334 e. The van der Waals surface area contributed by atoms with Gasteiger partial charge in [-0.3, -0.25) is 4.79 Å². The van der Waals surface area contributed by atoms with Crippen LogP contribution in [-0.2, 0) is 14.3 Å². The number of hydrogen-bond acceptors (Lipinski definition) is 4. The van der Waals surface area contributed by atoms with Crippen LogP contribution in [0.1, 0.15) is 19.8 Å². The van der Waals surface area contributed by atoms with Gasteiger partial charge >= 0.3 is 5.97 Å². The van der Waals surface area contributed by atoms with Crippen LogP contribution in [-0.4, -0.2) is 25.3 Å². The third kappa shape index (κ3) is 3.93. The highest BCUT2D eigenvalue weighted by Crippen LogP contribution is 2.28. The van der Waals surface area contributed by atoms with Crippen LogP contribution in [0.5, 0.6) is 0 Å². The summed E-state index contributed by atoms with van der Waals surface area (Å²) in [5, 5.41) is 2.53. The highest BCUT2D eigenvalue weighted by molar-refractivity contribution is 5.91. The summed E-state index contributed by atoms with van der Waals surface area (Å²) in [7, 11) is 1.30. The molecule has 0 atom stereocenters. The quantitative estimate of drug-likeness (QED) is 0.320. The van der Waals surface area contributed by atoms with Gasteiger partial charge in [-0.1, -0.05) is 0 Å². The molecule has 1 amide bonds. The van der Waals surface area contributed by atoms with Crippen molar-refractivity contribution < 1.29 is 14.3 Å². The maximum atomic E-state index is 11.1. The van der Waals surface area contributed by atoms with Gasteiger partial charge in [-0.15, -0.1) is 0 Å². The molecule has 0 spiro atoms. The van der Waals surface area contributed by atoms with Crippen molar-refractivity contribution in [3.8, 4) is 0 Å². The lowest BCUT2D eigenvalue weighted by Gasteiger charge is -1.96. The molecule has 0 radical (unpaired) electrons. The van der Waals surface area contributed by atoms with Crippen molar-refractivity contribution in [3.63, 3.8) is 0 Å². The second kappa shape index (κ2) is 5.29. The van der Waals surface area contributed by atoms with E-state index in [-0.39, 0.29) is 11.8 Å². The molecule has 0 aromatic heterocycles. The first kappa shape index (κ1) is 11.4. The molecule has 0 unspecified atom stereocenters. The Morgan fingerprint density at radius 1 is 1.47 bits per heavy atom. The van der Waals surface area contributed by atoms with Crippen molar-refractivity contribution in [2.45, 2.75) is 19.8 Å². The Morgan fingerprint density at radius 3 is 2.67 bits per heavy atom. The first-order valence-corrected chi connectivity index (χ1v) is 4.72. The van der Waals surface area contributed by atoms with Crippen molar-refractivity contribution in [1.82, 2.24) is 5.32 Å². The van der Waals surface area contributed by atoms with E-state index in [2.05, 4.69) is 15.0 Å². The third-order valence-electron chi connectivity index (χ3n) is 2.01. The van der Waals surface area contributed by atoms with Crippen LogP contribution in [0.3, 0.4) is 0 Å². The second-order valence-corrected chi connectivity index (χ2v) is 3.36. The van der Waals surface area contributed by atoms with E-state index in [1.165, 1.54) is 19.6 Å². The van der Waals surface area contributed by atoms with Crippen molar-refractivity contribution in [3.05, 3.63) is 11.8 Å². The second-order valence-electron chi connectivity index (χ2n) is 3.36. The van der Waals surface area contributed by atoms with E-state index in [1.807, 2.05) is 0 Å². The fraction of sp³-hybridized carbons (Fsp3) is 0.500. The van der Waals surface area contributed by atoms with Crippen LogP contribution in [0, 0.1) is 5.92 Å². The normalized spacial score (nSPS) is 16.5. The van der Waals surface area contributed by atoms with Gasteiger partial charge in [0, 0.05) is 12.1 Å². The summed E-state index contributed by atoms with van der Waals surface area (Å²) in [5.74, 6) is -0.286. The van der Waals surface area contributed by atoms with Gasteiger partial charge in [0.1, 0.15) is 0 Å². The summed E-state index contributed by atoms with van der Waals surface area (Å²) in [6, 6.07) is 0. The van der Waals surface area contributed by atoms with Gasteiger partial charge in [0.05, 0.1) is 19.0 Å². The lowest BCUT2D eigenvalue weighted by atomic mass is 10.3. The molecule has 1 saturated carbocycles. The lowest BCUT2D eigenvalue weighted by Crippen LogP contribution is -2.22. The van der Waals surface area contributed by atoms with Crippen LogP contribution < -0.4 is 5.32 Å². The number of esters is 1. The summed E-state index contributed by atoms with van der Waals surface area (Å²) in [6.07, 6.45) is 4.54. The third-order valence-corrected chi connectivity index (χ3v) is 2.01. The molecule has 0 saturated heterocycles. The van der Waals surface area contributed by atoms with E-state index in [4.69, 9.17) is 0 Å². The van der Waals surface area contributed by atoms with Gasteiger partial charge in [-0.2, -0.15) is 0 Å². The van der Waals surface area contributed by atoms with E-state index in [0.717, 1.165) is 12.8 Å². The van der Waals surface area contributed by atoms with Crippen molar-refractivity contribution in [2.75, 3.05) is 7.11 Å². The van der Waals surface area contributed by atoms with E-state index >= 15 is 0 Å².